The van der Waals surface area contributed by atoms with Gasteiger partial charge in [0.1, 0.15) is 0 Å². The van der Waals surface area contributed by atoms with E-state index in [1.807, 2.05) is 6.92 Å². The first-order valence-corrected chi connectivity index (χ1v) is 5.74. The fourth-order valence-corrected chi connectivity index (χ4v) is 1.90. The first kappa shape index (κ1) is 12.5. The van der Waals surface area contributed by atoms with E-state index in [4.69, 9.17) is 5.11 Å². The van der Waals surface area contributed by atoms with Crippen LogP contribution in [0.15, 0.2) is 0 Å². The summed E-state index contributed by atoms with van der Waals surface area (Å²) in [5.74, 6) is 0.776. The van der Waals surface area contributed by atoms with E-state index in [1.54, 1.807) is 7.05 Å². The molecule has 0 saturated heterocycles. The highest BCUT2D eigenvalue weighted by Gasteiger charge is 2.31. The Kier molecular flexibility index (Phi) is 5.05. The SMILES string of the molecule is CNC(=O)CC(C)NC(CCO)C1CC1. The van der Waals surface area contributed by atoms with Crippen LogP contribution in [0.1, 0.15) is 32.6 Å². The van der Waals surface area contributed by atoms with E-state index in [0.717, 1.165) is 6.42 Å². The molecule has 1 aliphatic rings. The van der Waals surface area contributed by atoms with Gasteiger partial charge in [0.05, 0.1) is 0 Å². The van der Waals surface area contributed by atoms with Gasteiger partial charge in [-0.25, -0.2) is 0 Å². The Morgan fingerprint density at radius 2 is 2.20 bits per heavy atom. The zero-order valence-corrected chi connectivity index (χ0v) is 9.62. The molecule has 0 radical (unpaired) electrons. The molecule has 0 aromatic heterocycles. The van der Waals surface area contributed by atoms with Crippen LogP contribution in [0.25, 0.3) is 0 Å². The average molecular weight is 214 g/mol. The second-order valence-corrected chi connectivity index (χ2v) is 4.40. The lowest BCUT2D eigenvalue weighted by Gasteiger charge is -2.22. The Balaban J connectivity index is 2.26. The van der Waals surface area contributed by atoms with Crippen LogP contribution >= 0.6 is 0 Å². The summed E-state index contributed by atoms with van der Waals surface area (Å²) in [6.45, 7) is 2.24. The fraction of sp³-hybridized carbons (Fsp3) is 0.909. The topological polar surface area (TPSA) is 61.4 Å². The molecule has 0 heterocycles. The summed E-state index contributed by atoms with van der Waals surface area (Å²) in [6.07, 6.45) is 3.81. The number of carbonyl (C=O) groups is 1. The van der Waals surface area contributed by atoms with Crippen LogP contribution in [-0.2, 0) is 4.79 Å². The standard InChI is InChI=1S/C11H22N2O2/c1-8(7-11(15)12-2)13-10(5-6-14)9-3-4-9/h8-10,13-14H,3-7H2,1-2H3,(H,12,15). The van der Waals surface area contributed by atoms with E-state index in [9.17, 15) is 4.79 Å². The molecule has 2 unspecified atom stereocenters. The smallest absolute Gasteiger partial charge is 0.221 e. The number of hydrogen-bond donors (Lipinski definition) is 3. The van der Waals surface area contributed by atoms with Crippen molar-refractivity contribution in [2.45, 2.75) is 44.7 Å². The van der Waals surface area contributed by atoms with Crippen molar-refractivity contribution in [1.82, 2.24) is 10.6 Å². The maximum Gasteiger partial charge on any atom is 0.221 e. The van der Waals surface area contributed by atoms with Crippen molar-refractivity contribution in [1.29, 1.82) is 0 Å². The minimum atomic E-state index is 0.0635. The predicted molar refractivity (Wildman–Crippen MR) is 59.5 cm³/mol. The molecule has 1 saturated carbocycles. The average Bonchev–Trinajstić information content (AvgIpc) is 3.00. The molecule has 2 atom stereocenters. The zero-order valence-electron chi connectivity index (χ0n) is 9.62. The van der Waals surface area contributed by atoms with Gasteiger partial charge in [0.15, 0.2) is 0 Å². The Bertz CT molecular complexity index is 205. The summed E-state index contributed by atoms with van der Waals surface area (Å²) < 4.78 is 0. The third kappa shape index (κ3) is 4.62. The van der Waals surface area contributed by atoms with Gasteiger partial charge in [-0.1, -0.05) is 0 Å². The van der Waals surface area contributed by atoms with Gasteiger partial charge in [-0.05, 0) is 32.1 Å². The van der Waals surface area contributed by atoms with Gasteiger partial charge in [-0.3, -0.25) is 4.79 Å². The molecule has 0 aromatic rings. The summed E-state index contributed by atoms with van der Waals surface area (Å²) in [6, 6.07) is 0.566. The van der Waals surface area contributed by atoms with E-state index in [0.29, 0.717) is 18.4 Å². The van der Waals surface area contributed by atoms with Crippen LogP contribution in [0.3, 0.4) is 0 Å². The highest BCUT2D eigenvalue weighted by molar-refractivity contribution is 5.76. The molecular formula is C11H22N2O2. The van der Waals surface area contributed by atoms with Gasteiger partial charge in [0.2, 0.25) is 5.91 Å². The highest BCUT2D eigenvalue weighted by Crippen LogP contribution is 2.34. The fourth-order valence-electron chi connectivity index (χ4n) is 1.90. The maximum absolute atomic E-state index is 11.1. The summed E-state index contributed by atoms with van der Waals surface area (Å²) in [5, 5.41) is 15.0. The first-order valence-electron chi connectivity index (χ1n) is 5.74. The van der Waals surface area contributed by atoms with Crippen LogP contribution in [-0.4, -0.2) is 36.8 Å². The molecule has 1 amide bonds. The van der Waals surface area contributed by atoms with Crippen molar-refractivity contribution in [2.75, 3.05) is 13.7 Å². The second kappa shape index (κ2) is 6.08. The molecule has 0 spiro atoms. The van der Waals surface area contributed by atoms with Gasteiger partial charge in [-0.15, -0.1) is 0 Å². The van der Waals surface area contributed by atoms with Crippen molar-refractivity contribution in [3.05, 3.63) is 0 Å². The lowest BCUT2D eigenvalue weighted by molar-refractivity contribution is -0.121. The zero-order chi connectivity index (χ0) is 11.3. The normalized spacial score (nSPS) is 19.7. The van der Waals surface area contributed by atoms with Crippen LogP contribution in [0, 0.1) is 5.92 Å². The number of carbonyl (C=O) groups excluding carboxylic acids is 1. The molecule has 1 rings (SSSR count). The van der Waals surface area contributed by atoms with E-state index < -0.39 is 0 Å². The molecule has 3 N–H and O–H groups in total. The molecule has 88 valence electrons. The second-order valence-electron chi connectivity index (χ2n) is 4.40. The van der Waals surface area contributed by atoms with Gasteiger partial charge in [-0.2, -0.15) is 0 Å². The molecule has 1 fully saturated rings. The summed E-state index contributed by atoms with van der Waals surface area (Å²) in [5.41, 5.74) is 0. The number of rotatable bonds is 7. The van der Waals surface area contributed by atoms with E-state index in [-0.39, 0.29) is 18.6 Å². The number of nitrogens with one attached hydrogen (secondary N) is 2. The van der Waals surface area contributed by atoms with Crippen LogP contribution < -0.4 is 10.6 Å². The molecule has 0 bridgehead atoms. The first-order chi connectivity index (χ1) is 7.17. The molecule has 4 heteroatoms. The maximum atomic E-state index is 11.1. The van der Waals surface area contributed by atoms with Crippen molar-refractivity contribution >= 4 is 5.91 Å². The molecule has 0 aliphatic heterocycles. The third-order valence-corrected chi connectivity index (χ3v) is 2.90. The molecule has 15 heavy (non-hydrogen) atoms. The number of aliphatic hydroxyl groups excluding tert-OH is 1. The monoisotopic (exact) mass is 214 g/mol. The minimum absolute atomic E-state index is 0.0635. The quantitative estimate of drug-likeness (QED) is 0.570. The number of hydrogen-bond acceptors (Lipinski definition) is 3. The molecule has 0 aromatic carbocycles. The van der Waals surface area contributed by atoms with Crippen molar-refractivity contribution < 1.29 is 9.90 Å². The van der Waals surface area contributed by atoms with Gasteiger partial charge >= 0.3 is 0 Å². The Labute approximate surface area is 91.4 Å². The third-order valence-electron chi connectivity index (χ3n) is 2.90. The van der Waals surface area contributed by atoms with E-state index >= 15 is 0 Å². The molecular weight excluding hydrogens is 192 g/mol. The van der Waals surface area contributed by atoms with Crippen LogP contribution in [0.2, 0.25) is 0 Å². The summed E-state index contributed by atoms with van der Waals surface area (Å²) >= 11 is 0. The lowest BCUT2D eigenvalue weighted by Crippen LogP contribution is -2.41. The van der Waals surface area contributed by atoms with Crippen LogP contribution in [0.5, 0.6) is 0 Å². The van der Waals surface area contributed by atoms with Crippen molar-refractivity contribution in [3.8, 4) is 0 Å². The summed E-state index contributed by atoms with van der Waals surface area (Å²) in [4.78, 5) is 11.1. The molecule has 1 aliphatic carbocycles. The highest BCUT2D eigenvalue weighted by atomic mass is 16.3. The number of amides is 1. The van der Waals surface area contributed by atoms with Gasteiger partial charge in [0, 0.05) is 32.2 Å². The van der Waals surface area contributed by atoms with E-state index in [1.165, 1.54) is 12.8 Å². The Morgan fingerprint density at radius 3 is 2.67 bits per heavy atom. The predicted octanol–water partition coefficient (Wildman–Crippen LogP) is 0.262. The Morgan fingerprint density at radius 1 is 1.53 bits per heavy atom. The van der Waals surface area contributed by atoms with Gasteiger partial charge < -0.3 is 15.7 Å². The summed E-state index contributed by atoms with van der Waals surface area (Å²) in [7, 11) is 1.65. The van der Waals surface area contributed by atoms with Crippen molar-refractivity contribution in [3.63, 3.8) is 0 Å². The number of aliphatic hydroxyl groups is 1. The Hall–Kier alpha value is -0.610. The lowest BCUT2D eigenvalue weighted by atomic mass is 10.1. The minimum Gasteiger partial charge on any atom is -0.396 e. The largest absolute Gasteiger partial charge is 0.396 e. The van der Waals surface area contributed by atoms with E-state index in [2.05, 4.69) is 10.6 Å². The van der Waals surface area contributed by atoms with Crippen molar-refractivity contribution in [2.24, 2.45) is 5.92 Å². The van der Waals surface area contributed by atoms with Gasteiger partial charge in [0.25, 0.3) is 0 Å². The molecule has 4 nitrogen and oxygen atoms in total. The van der Waals surface area contributed by atoms with Crippen LogP contribution in [0.4, 0.5) is 0 Å².